The van der Waals surface area contributed by atoms with Crippen molar-refractivity contribution < 1.29 is 9.53 Å². The SMILES string of the molecule is COC(c1ccc(Cl)cc1)C(C)NC(=O)C(C)(N)c1ccccc1.Cl. The summed E-state index contributed by atoms with van der Waals surface area (Å²) in [7, 11) is 1.61. The summed E-state index contributed by atoms with van der Waals surface area (Å²) in [6.45, 7) is 3.59. The zero-order valence-corrected chi connectivity index (χ0v) is 16.1. The van der Waals surface area contributed by atoms with Crippen LogP contribution in [0.25, 0.3) is 0 Å². The van der Waals surface area contributed by atoms with E-state index < -0.39 is 5.54 Å². The molecule has 1 amide bonds. The number of nitrogens with two attached hydrogens (primary N) is 1. The van der Waals surface area contributed by atoms with Gasteiger partial charge in [0, 0.05) is 12.1 Å². The van der Waals surface area contributed by atoms with Gasteiger partial charge in [-0.05, 0) is 37.1 Å². The highest BCUT2D eigenvalue weighted by atomic mass is 35.5. The van der Waals surface area contributed by atoms with Crippen molar-refractivity contribution in [3.8, 4) is 0 Å². The second-order valence-electron chi connectivity index (χ2n) is 6.04. The highest BCUT2D eigenvalue weighted by molar-refractivity contribution is 6.30. The monoisotopic (exact) mass is 382 g/mol. The van der Waals surface area contributed by atoms with Crippen LogP contribution >= 0.6 is 24.0 Å². The van der Waals surface area contributed by atoms with Crippen LogP contribution in [0.15, 0.2) is 54.6 Å². The van der Waals surface area contributed by atoms with Gasteiger partial charge in [0.15, 0.2) is 0 Å². The van der Waals surface area contributed by atoms with Gasteiger partial charge < -0.3 is 15.8 Å². The fourth-order valence-electron chi connectivity index (χ4n) is 2.63. The van der Waals surface area contributed by atoms with Crippen LogP contribution in [0.2, 0.25) is 5.02 Å². The molecule has 3 N–H and O–H groups in total. The third kappa shape index (κ3) is 5.19. The molecule has 0 aromatic heterocycles. The van der Waals surface area contributed by atoms with E-state index in [1.54, 1.807) is 26.2 Å². The van der Waals surface area contributed by atoms with E-state index in [4.69, 9.17) is 22.1 Å². The number of rotatable bonds is 6. The molecule has 0 bridgehead atoms. The molecule has 3 unspecified atom stereocenters. The van der Waals surface area contributed by atoms with Crippen LogP contribution in [0.4, 0.5) is 0 Å². The Labute approximate surface area is 160 Å². The van der Waals surface area contributed by atoms with E-state index in [1.807, 2.05) is 49.4 Å². The van der Waals surface area contributed by atoms with Crippen LogP contribution in [0.1, 0.15) is 31.1 Å². The smallest absolute Gasteiger partial charge is 0.244 e. The summed E-state index contributed by atoms with van der Waals surface area (Å²) in [5, 5.41) is 3.62. The van der Waals surface area contributed by atoms with E-state index in [1.165, 1.54) is 0 Å². The number of amides is 1. The molecule has 0 aliphatic carbocycles. The predicted octanol–water partition coefficient (Wildman–Crippen LogP) is 3.83. The first kappa shape index (κ1) is 21.5. The molecule has 25 heavy (non-hydrogen) atoms. The number of benzene rings is 2. The first-order chi connectivity index (χ1) is 11.4. The lowest BCUT2D eigenvalue weighted by atomic mass is 9.91. The Morgan fingerprint density at radius 1 is 1.16 bits per heavy atom. The van der Waals surface area contributed by atoms with Crippen LogP contribution in [-0.4, -0.2) is 19.1 Å². The summed E-state index contributed by atoms with van der Waals surface area (Å²) in [5.74, 6) is -0.253. The number of nitrogens with one attached hydrogen (secondary N) is 1. The van der Waals surface area contributed by atoms with Crippen molar-refractivity contribution in [2.45, 2.75) is 31.5 Å². The van der Waals surface area contributed by atoms with E-state index in [9.17, 15) is 4.79 Å². The zero-order chi connectivity index (χ0) is 17.7. The topological polar surface area (TPSA) is 64.3 Å². The maximum Gasteiger partial charge on any atom is 0.244 e. The van der Waals surface area contributed by atoms with Crippen molar-refractivity contribution in [2.24, 2.45) is 5.73 Å². The quantitative estimate of drug-likeness (QED) is 0.797. The molecule has 0 fully saturated rings. The number of methoxy groups -OCH3 is 1. The van der Waals surface area contributed by atoms with Gasteiger partial charge in [-0.15, -0.1) is 12.4 Å². The molecule has 2 rings (SSSR count). The van der Waals surface area contributed by atoms with E-state index in [2.05, 4.69) is 5.32 Å². The lowest BCUT2D eigenvalue weighted by Crippen LogP contribution is -2.52. The zero-order valence-electron chi connectivity index (χ0n) is 14.5. The summed E-state index contributed by atoms with van der Waals surface area (Å²) >= 11 is 5.92. The van der Waals surface area contributed by atoms with Crippen LogP contribution in [0, 0.1) is 0 Å². The van der Waals surface area contributed by atoms with Crippen molar-refractivity contribution in [3.63, 3.8) is 0 Å². The molecule has 2 aromatic rings. The first-order valence-corrected chi connectivity index (χ1v) is 8.17. The molecule has 0 heterocycles. The Bertz CT molecular complexity index is 676. The number of carbonyl (C=O) groups excluding carboxylic acids is 1. The van der Waals surface area contributed by atoms with Crippen LogP contribution in [0.5, 0.6) is 0 Å². The third-order valence-electron chi connectivity index (χ3n) is 4.11. The van der Waals surface area contributed by atoms with Gasteiger partial charge in [-0.25, -0.2) is 0 Å². The Hall–Kier alpha value is -1.59. The molecule has 3 atom stereocenters. The standard InChI is InChI=1S/C19H23ClN2O2.ClH/c1-13(17(24-3)14-9-11-16(20)12-10-14)22-18(23)19(2,21)15-7-5-4-6-8-15;/h4-13,17H,21H2,1-3H3,(H,22,23);1H. The van der Waals surface area contributed by atoms with Crippen LogP contribution < -0.4 is 11.1 Å². The fraction of sp³-hybridized carbons (Fsp3) is 0.316. The van der Waals surface area contributed by atoms with Crippen LogP contribution in [0.3, 0.4) is 0 Å². The molecule has 0 saturated heterocycles. The maximum absolute atomic E-state index is 12.7. The molecule has 0 spiro atoms. The van der Waals surface area contributed by atoms with Gasteiger partial charge in [-0.1, -0.05) is 54.1 Å². The molecule has 0 aliphatic heterocycles. The van der Waals surface area contributed by atoms with Gasteiger partial charge >= 0.3 is 0 Å². The van der Waals surface area contributed by atoms with Crippen molar-refractivity contribution in [3.05, 3.63) is 70.7 Å². The minimum atomic E-state index is -1.12. The Morgan fingerprint density at radius 2 is 1.72 bits per heavy atom. The molecule has 0 saturated carbocycles. The van der Waals surface area contributed by atoms with Crippen LogP contribution in [-0.2, 0) is 15.1 Å². The average molecular weight is 383 g/mol. The summed E-state index contributed by atoms with van der Waals surface area (Å²) in [6, 6.07) is 16.4. The number of hydrogen-bond acceptors (Lipinski definition) is 3. The summed E-state index contributed by atoms with van der Waals surface area (Å²) in [5.41, 5.74) is 6.84. The Kier molecular flexibility index (Phi) is 7.90. The number of carbonyl (C=O) groups is 1. The maximum atomic E-state index is 12.7. The number of ether oxygens (including phenoxy) is 1. The van der Waals surface area contributed by atoms with Gasteiger partial charge in [0.2, 0.25) is 5.91 Å². The van der Waals surface area contributed by atoms with Gasteiger partial charge in [-0.3, -0.25) is 4.79 Å². The molecule has 2 aromatic carbocycles. The highest BCUT2D eigenvalue weighted by Gasteiger charge is 2.32. The highest BCUT2D eigenvalue weighted by Crippen LogP contribution is 2.24. The molecule has 136 valence electrons. The minimum absolute atomic E-state index is 0. The largest absolute Gasteiger partial charge is 0.375 e. The lowest BCUT2D eigenvalue weighted by molar-refractivity contribution is -0.127. The minimum Gasteiger partial charge on any atom is -0.375 e. The number of hydrogen-bond donors (Lipinski definition) is 2. The second kappa shape index (κ2) is 9.20. The molecule has 4 nitrogen and oxygen atoms in total. The van der Waals surface area contributed by atoms with Gasteiger partial charge in [0.1, 0.15) is 11.6 Å². The molecule has 6 heteroatoms. The summed E-state index contributed by atoms with van der Waals surface area (Å²) in [6.07, 6.45) is -0.294. The van der Waals surface area contributed by atoms with E-state index in [0.717, 1.165) is 11.1 Å². The summed E-state index contributed by atoms with van der Waals surface area (Å²) < 4.78 is 5.56. The van der Waals surface area contributed by atoms with Crippen molar-refractivity contribution in [1.29, 1.82) is 0 Å². The van der Waals surface area contributed by atoms with Crippen molar-refractivity contribution >= 4 is 29.9 Å². The lowest BCUT2D eigenvalue weighted by Gasteiger charge is -2.29. The normalized spacial score (nSPS) is 15.4. The molecule has 0 aliphatic rings. The second-order valence-corrected chi connectivity index (χ2v) is 6.47. The molecular weight excluding hydrogens is 359 g/mol. The third-order valence-corrected chi connectivity index (χ3v) is 4.36. The molecular formula is C19H24Cl2N2O2. The molecule has 0 radical (unpaired) electrons. The van der Waals surface area contributed by atoms with E-state index >= 15 is 0 Å². The van der Waals surface area contributed by atoms with E-state index in [-0.39, 0.29) is 30.5 Å². The van der Waals surface area contributed by atoms with Crippen molar-refractivity contribution in [2.75, 3.05) is 7.11 Å². The Morgan fingerprint density at radius 3 is 2.24 bits per heavy atom. The predicted molar refractivity (Wildman–Crippen MR) is 104 cm³/mol. The Balaban J connectivity index is 0.00000312. The van der Waals surface area contributed by atoms with E-state index in [0.29, 0.717) is 5.02 Å². The fourth-order valence-corrected chi connectivity index (χ4v) is 2.76. The average Bonchev–Trinajstić information content (AvgIpc) is 2.58. The van der Waals surface area contributed by atoms with Gasteiger partial charge in [-0.2, -0.15) is 0 Å². The summed E-state index contributed by atoms with van der Waals surface area (Å²) in [4.78, 5) is 12.7. The van der Waals surface area contributed by atoms with Gasteiger partial charge in [0.25, 0.3) is 0 Å². The van der Waals surface area contributed by atoms with Gasteiger partial charge in [0.05, 0.1) is 6.04 Å². The number of halogens is 2. The van der Waals surface area contributed by atoms with Crippen molar-refractivity contribution in [1.82, 2.24) is 5.32 Å². The first-order valence-electron chi connectivity index (χ1n) is 7.80.